The van der Waals surface area contributed by atoms with Crippen LogP contribution in [-0.4, -0.2) is 43.9 Å². The van der Waals surface area contributed by atoms with E-state index in [2.05, 4.69) is 40.7 Å². The molecule has 0 amide bonds. The number of halogens is 1. The molecule has 2 N–H and O–H groups in total. The Morgan fingerprint density at radius 1 is 1.13 bits per heavy atom. The van der Waals surface area contributed by atoms with Gasteiger partial charge in [-0.3, -0.25) is 0 Å². The van der Waals surface area contributed by atoms with Crippen LogP contribution >= 0.6 is 24.0 Å². The Kier molecular flexibility index (Phi) is 12.9. The van der Waals surface area contributed by atoms with Crippen molar-refractivity contribution in [3.05, 3.63) is 53.2 Å². The van der Waals surface area contributed by atoms with Crippen LogP contribution in [0.15, 0.2) is 41.5 Å². The SMILES string of the molecule is CCNC(=NCc1cccnc1OCCOC)NCc1ccc(C)cc1OC(C)C.I. The van der Waals surface area contributed by atoms with Gasteiger partial charge < -0.3 is 24.8 Å². The molecule has 0 aliphatic carbocycles. The van der Waals surface area contributed by atoms with Crippen molar-refractivity contribution in [2.75, 3.05) is 26.9 Å². The zero-order valence-corrected chi connectivity index (χ0v) is 21.4. The summed E-state index contributed by atoms with van der Waals surface area (Å²) in [4.78, 5) is 9.01. The fourth-order valence-corrected chi connectivity index (χ4v) is 2.75. The minimum absolute atomic E-state index is 0. The highest BCUT2D eigenvalue weighted by atomic mass is 127. The molecule has 0 unspecified atom stereocenters. The summed E-state index contributed by atoms with van der Waals surface area (Å²) in [6.07, 6.45) is 1.83. The van der Waals surface area contributed by atoms with Crippen LogP contribution in [0.4, 0.5) is 0 Å². The highest BCUT2D eigenvalue weighted by Crippen LogP contribution is 2.21. The zero-order valence-electron chi connectivity index (χ0n) is 19.1. The molecule has 0 saturated heterocycles. The predicted molar refractivity (Wildman–Crippen MR) is 136 cm³/mol. The summed E-state index contributed by atoms with van der Waals surface area (Å²) in [5, 5.41) is 6.67. The second-order valence-electron chi connectivity index (χ2n) is 7.14. The largest absolute Gasteiger partial charge is 0.491 e. The van der Waals surface area contributed by atoms with Gasteiger partial charge in [-0.1, -0.05) is 18.2 Å². The Bertz CT molecular complexity index is 815. The van der Waals surface area contributed by atoms with Crippen molar-refractivity contribution in [3.63, 3.8) is 0 Å². The molecule has 0 saturated carbocycles. The Balaban J connectivity index is 0.00000480. The van der Waals surface area contributed by atoms with Crippen LogP contribution in [0.5, 0.6) is 11.6 Å². The summed E-state index contributed by atoms with van der Waals surface area (Å²) in [6, 6.07) is 10.1. The molecule has 0 bridgehead atoms. The van der Waals surface area contributed by atoms with Crippen molar-refractivity contribution in [2.24, 2.45) is 4.99 Å². The summed E-state index contributed by atoms with van der Waals surface area (Å²) in [5.74, 6) is 2.20. The number of aliphatic imine (C=N–C) groups is 1. The summed E-state index contributed by atoms with van der Waals surface area (Å²) in [5.41, 5.74) is 3.18. The van der Waals surface area contributed by atoms with E-state index in [1.54, 1.807) is 13.3 Å². The number of nitrogens with zero attached hydrogens (tertiary/aromatic N) is 2. The fourth-order valence-electron chi connectivity index (χ4n) is 2.75. The number of benzene rings is 1. The summed E-state index contributed by atoms with van der Waals surface area (Å²) in [7, 11) is 1.65. The van der Waals surface area contributed by atoms with Gasteiger partial charge in [-0.25, -0.2) is 9.98 Å². The van der Waals surface area contributed by atoms with Crippen LogP contribution in [0.1, 0.15) is 37.5 Å². The van der Waals surface area contributed by atoms with Gasteiger partial charge in [-0.05, 0) is 45.4 Å². The van der Waals surface area contributed by atoms with Gasteiger partial charge in [0.15, 0.2) is 5.96 Å². The second kappa shape index (κ2) is 14.9. The van der Waals surface area contributed by atoms with E-state index in [0.29, 0.717) is 32.2 Å². The lowest BCUT2D eigenvalue weighted by Gasteiger charge is -2.17. The molecule has 1 heterocycles. The van der Waals surface area contributed by atoms with Crippen molar-refractivity contribution in [3.8, 4) is 11.6 Å². The first kappa shape index (κ1) is 27.0. The molecule has 8 heteroatoms. The quantitative estimate of drug-likeness (QED) is 0.193. The molecule has 0 spiro atoms. The van der Waals surface area contributed by atoms with Crippen molar-refractivity contribution < 1.29 is 14.2 Å². The first-order chi connectivity index (χ1) is 14.5. The standard InChI is InChI=1S/C23H34N4O3.HI/c1-6-24-23(26-15-19-10-9-18(4)14-21(19)30-17(2)3)27-16-20-8-7-11-25-22(20)29-13-12-28-5;/h7-11,14,17H,6,12-13,15-16H2,1-5H3,(H2,24,26,27);1H. The molecule has 1 aromatic heterocycles. The molecule has 0 atom stereocenters. The highest BCUT2D eigenvalue weighted by Gasteiger charge is 2.09. The molecule has 0 aliphatic rings. The van der Waals surface area contributed by atoms with Gasteiger partial charge in [-0.2, -0.15) is 0 Å². The maximum absolute atomic E-state index is 5.97. The molecular formula is C23H35IN4O3. The Hall–Kier alpha value is -2.07. The fraction of sp³-hybridized carbons (Fsp3) is 0.478. The number of ether oxygens (including phenoxy) is 3. The minimum atomic E-state index is 0. The van der Waals surface area contributed by atoms with Crippen LogP contribution in [0.2, 0.25) is 0 Å². The number of guanidine groups is 1. The van der Waals surface area contributed by atoms with Gasteiger partial charge in [-0.15, -0.1) is 24.0 Å². The summed E-state index contributed by atoms with van der Waals surface area (Å²) < 4.78 is 16.7. The molecule has 1 aromatic carbocycles. The van der Waals surface area contributed by atoms with Crippen LogP contribution in [0.25, 0.3) is 0 Å². The zero-order chi connectivity index (χ0) is 21.8. The lowest BCUT2D eigenvalue weighted by atomic mass is 10.1. The number of rotatable bonds is 11. The molecule has 172 valence electrons. The number of aromatic nitrogens is 1. The van der Waals surface area contributed by atoms with Crippen molar-refractivity contribution in [1.82, 2.24) is 15.6 Å². The number of aryl methyl sites for hydroxylation is 1. The normalized spacial score (nSPS) is 11.1. The second-order valence-corrected chi connectivity index (χ2v) is 7.14. The van der Waals surface area contributed by atoms with Gasteiger partial charge >= 0.3 is 0 Å². The molecule has 0 fully saturated rings. The van der Waals surface area contributed by atoms with E-state index in [1.807, 2.05) is 32.9 Å². The molecular weight excluding hydrogens is 507 g/mol. The van der Waals surface area contributed by atoms with E-state index in [1.165, 1.54) is 5.56 Å². The first-order valence-electron chi connectivity index (χ1n) is 10.4. The van der Waals surface area contributed by atoms with Crippen molar-refractivity contribution in [1.29, 1.82) is 0 Å². The average molecular weight is 542 g/mol. The lowest BCUT2D eigenvalue weighted by molar-refractivity contribution is 0.143. The van der Waals surface area contributed by atoms with Crippen LogP contribution in [-0.2, 0) is 17.8 Å². The van der Waals surface area contributed by atoms with E-state index in [0.717, 1.165) is 29.4 Å². The summed E-state index contributed by atoms with van der Waals surface area (Å²) >= 11 is 0. The number of nitrogens with one attached hydrogen (secondary N) is 2. The monoisotopic (exact) mass is 542 g/mol. The van der Waals surface area contributed by atoms with E-state index >= 15 is 0 Å². The van der Waals surface area contributed by atoms with Crippen molar-refractivity contribution in [2.45, 2.75) is 46.9 Å². The van der Waals surface area contributed by atoms with Crippen LogP contribution in [0.3, 0.4) is 0 Å². The Morgan fingerprint density at radius 2 is 1.94 bits per heavy atom. The van der Waals surface area contributed by atoms with E-state index in [4.69, 9.17) is 19.2 Å². The Morgan fingerprint density at radius 3 is 2.65 bits per heavy atom. The third kappa shape index (κ3) is 9.73. The predicted octanol–water partition coefficient (Wildman–Crippen LogP) is 4.08. The Labute approximate surface area is 203 Å². The molecule has 0 radical (unpaired) electrons. The molecule has 2 rings (SSSR count). The van der Waals surface area contributed by atoms with E-state index in [9.17, 15) is 0 Å². The topological polar surface area (TPSA) is 77.0 Å². The van der Waals surface area contributed by atoms with Gasteiger partial charge in [0, 0.05) is 37.5 Å². The van der Waals surface area contributed by atoms with Crippen LogP contribution in [0, 0.1) is 6.92 Å². The first-order valence-corrected chi connectivity index (χ1v) is 10.4. The molecule has 31 heavy (non-hydrogen) atoms. The third-order valence-electron chi connectivity index (χ3n) is 4.16. The highest BCUT2D eigenvalue weighted by molar-refractivity contribution is 14.0. The number of hydrogen-bond acceptors (Lipinski definition) is 5. The number of hydrogen-bond donors (Lipinski definition) is 2. The molecule has 7 nitrogen and oxygen atoms in total. The number of pyridine rings is 1. The van der Waals surface area contributed by atoms with E-state index in [-0.39, 0.29) is 30.1 Å². The average Bonchev–Trinajstić information content (AvgIpc) is 2.72. The van der Waals surface area contributed by atoms with Gasteiger partial charge in [0.25, 0.3) is 0 Å². The maximum Gasteiger partial charge on any atom is 0.218 e. The third-order valence-corrected chi connectivity index (χ3v) is 4.16. The van der Waals surface area contributed by atoms with Crippen molar-refractivity contribution >= 4 is 29.9 Å². The van der Waals surface area contributed by atoms with Gasteiger partial charge in [0.1, 0.15) is 12.4 Å². The van der Waals surface area contributed by atoms with Gasteiger partial charge in [0.2, 0.25) is 5.88 Å². The van der Waals surface area contributed by atoms with Gasteiger partial charge in [0.05, 0.1) is 19.3 Å². The summed E-state index contributed by atoms with van der Waals surface area (Å²) in [6.45, 7) is 11.0. The lowest BCUT2D eigenvalue weighted by Crippen LogP contribution is -2.37. The van der Waals surface area contributed by atoms with Crippen LogP contribution < -0.4 is 20.1 Å². The molecule has 2 aromatic rings. The maximum atomic E-state index is 5.97. The smallest absolute Gasteiger partial charge is 0.218 e. The molecule has 0 aliphatic heterocycles. The number of methoxy groups -OCH3 is 1. The minimum Gasteiger partial charge on any atom is -0.491 e. The van der Waals surface area contributed by atoms with E-state index < -0.39 is 0 Å².